The van der Waals surface area contributed by atoms with Crippen LogP contribution in [-0.4, -0.2) is 23.9 Å². The Balaban J connectivity index is 4.37. The van der Waals surface area contributed by atoms with E-state index in [0.29, 0.717) is 18.4 Å². The molecule has 0 aliphatic rings. The molecule has 4 nitrogen and oxygen atoms in total. The lowest BCUT2D eigenvalue weighted by Gasteiger charge is -2.27. The predicted molar refractivity (Wildman–Crippen MR) is 78.7 cm³/mol. The van der Waals surface area contributed by atoms with E-state index in [4.69, 9.17) is 0 Å². The molecule has 1 atom stereocenters. The molecule has 0 saturated carbocycles. The van der Waals surface area contributed by atoms with Gasteiger partial charge in [-0.05, 0) is 31.8 Å². The first kappa shape index (κ1) is 17.7. The molecule has 2 N–H and O–H groups in total. The van der Waals surface area contributed by atoms with Gasteiger partial charge in [0.25, 0.3) is 0 Å². The van der Waals surface area contributed by atoms with E-state index in [2.05, 4.69) is 38.0 Å². The van der Waals surface area contributed by atoms with Crippen molar-refractivity contribution in [2.24, 2.45) is 11.8 Å². The number of hydrogen-bond acceptors (Lipinski definition) is 2. The van der Waals surface area contributed by atoms with Crippen molar-refractivity contribution in [1.82, 2.24) is 10.6 Å². The monoisotopic (exact) mass is 268 g/mol. The molecule has 0 radical (unpaired) electrons. The molecule has 4 heteroatoms. The van der Waals surface area contributed by atoms with E-state index in [1.165, 1.54) is 6.08 Å². The lowest BCUT2D eigenvalue weighted by Crippen LogP contribution is -2.55. The molecule has 0 heterocycles. The van der Waals surface area contributed by atoms with Crippen molar-refractivity contribution in [2.75, 3.05) is 6.54 Å². The average Bonchev–Trinajstić information content (AvgIpc) is 2.36. The number of nitrogens with one attached hydrogen (secondary N) is 2. The summed E-state index contributed by atoms with van der Waals surface area (Å²) in [7, 11) is 0. The molecular formula is C15H28N2O2. The van der Waals surface area contributed by atoms with E-state index in [9.17, 15) is 9.59 Å². The minimum Gasteiger partial charge on any atom is -0.354 e. The Hall–Kier alpha value is -1.32. The van der Waals surface area contributed by atoms with E-state index in [-0.39, 0.29) is 11.8 Å². The van der Waals surface area contributed by atoms with Crippen LogP contribution in [0.5, 0.6) is 0 Å². The topological polar surface area (TPSA) is 58.2 Å². The van der Waals surface area contributed by atoms with Crippen LogP contribution in [0.3, 0.4) is 0 Å². The van der Waals surface area contributed by atoms with Gasteiger partial charge >= 0.3 is 0 Å². The third kappa shape index (κ3) is 5.90. The van der Waals surface area contributed by atoms with Gasteiger partial charge in [-0.2, -0.15) is 0 Å². The first-order valence-corrected chi connectivity index (χ1v) is 7.01. The van der Waals surface area contributed by atoms with E-state index in [1.807, 2.05) is 0 Å². The Bertz CT molecular complexity index is 320. The third-order valence-electron chi connectivity index (χ3n) is 3.63. The second kappa shape index (κ2) is 7.97. The molecule has 19 heavy (non-hydrogen) atoms. The number of hydrogen-bond donors (Lipinski definition) is 2. The second-order valence-corrected chi connectivity index (χ2v) is 5.58. The minimum atomic E-state index is -0.918. The zero-order valence-corrected chi connectivity index (χ0v) is 12.9. The Morgan fingerprint density at radius 1 is 1.26 bits per heavy atom. The fourth-order valence-electron chi connectivity index (χ4n) is 2.15. The summed E-state index contributed by atoms with van der Waals surface area (Å²) >= 11 is 0. The highest BCUT2D eigenvalue weighted by atomic mass is 16.2. The SMILES string of the molecule is C=CC(=O)NC(C)(C)C(=O)NCC(C)C(CC)CC. The van der Waals surface area contributed by atoms with Gasteiger partial charge in [-0.1, -0.05) is 40.2 Å². The quantitative estimate of drug-likeness (QED) is 0.663. The molecule has 0 aliphatic carbocycles. The van der Waals surface area contributed by atoms with Gasteiger partial charge in [-0.3, -0.25) is 9.59 Å². The number of carbonyl (C=O) groups is 2. The van der Waals surface area contributed by atoms with Crippen molar-refractivity contribution >= 4 is 11.8 Å². The minimum absolute atomic E-state index is 0.166. The molecule has 110 valence electrons. The molecule has 2 amide bonds. The van der Waals surface area contributed by atoms with Crippen molar-refractivity contribution in [3.63, 3.8) is 0 Å². The Morgan fingerprint density at radius 3 is 2.21 bits per heavy atom. The lowest BCUT2D eigenvalue weighted by molar-refractivity contribution is -0.130. The van der Waals surface area contributed by atoms with Gasteiger partial charge in [0.1, 0.15) is 5.54 Å². The van der Waals surface area contributed by atoms with Gasteiger partial charge in [0.15, 0.2) is 0 Å². The molecule has 0 fully saturated rings. The highest BCUT2D eigenvalue weighted by Gasteiger charge is 2.29. The predicted octanol–water partition coefficient (Wildman–Crippen LogP) is 2.26. The lowest BCUT2D eigenvalue weighted by atomic mass is 9.89. The normalized spacial score (nSPS) is 12.9. The zero-order valence-electron chi connectivity index (χ0n) is 12.9. The van der Waals surface area contributed by atoms with Crippen LogP contribution in [0.4, 0.5) is 0 Å². The summed E-state index contributed by atoms with van der Waals surface area (Å²) in [4.78, 5) is 23.3. The van der Waals surface area contributed by atoms with Crippen LogP contribution in [-0.2, 0) is 9.59 Å². The zero-order chi connectivity index (χ0) is 15.1. The van der Waals surface area contributed by atoms with Crippen LogP contribution in [0.2, 0.25) is 0 Å². The summed E-state index contributed by atoms with van der Waals surface area (Å²) in [6, 6.07) is 0. The van der Waals surface area contributed by atoms with Gasteiger partial charge < -0.3 is 10.6 Å². The van der Waals surface area contributed by atoms with Crippen LogP contribution < -0.4 is 10.6 Å². The second-order valence-electron chi connectivity index (χ2n) is 5.58. The Labute approximate surface area is 117 Å². The maximum Gasteiger partial charge on any atom is 0.245 e. The molecule has 0 bridgehead atoms. The van der Waals surface area contributed by atoms with Gasteiger partial charge in [0.2, 0.25) is 11.8 Å². The fourth-order valence-corrected chi connectivity index (χ4v) is 2.15. The number of amides is 2. The van der Waals surface area contributed by atoms with Crippen LogP contribution in [0, 0.1) is 11.8 Å². The molecule has 0 rings (SSSR count). The summed E-state index contributed by atoms with van der Waals surface area (Å²) in [5.41, 5.74) is -0.918. The van der Waals surface area contributed by atoms with Crippen molar-refractivity contribution in [3.05, 3.63) is 12.7 Å². The van der Waals surface area contributed by atoms with Gasteiger partial charge in [-0.15, -0.1) is 0 Å². The van der Waals surface area contributed by atoms with E-state index in [0.717, 1.165) is 12.8 Å². The average molecular weight is 268 g/mol. The van der Waals surface area contributed by atoms with E-state index in [1.54, 1.807) is 13.8 Å². The van der Waals surface area contributed by atoms with Crippen molar-refractivity contribution in [2.45, 2.75) is 53.0 Å². The number of carbonyl (C=O) groups excluding carboxylic acids is 2. The Kier molecular flexibility index (Phi) is 7.42. The van der Waals surface area contributed by atoms with Gasteiger partial charge in [-0.25, -0.2) is 0 Å². The van der Waals surface area contributed by atoms with Crippen LogP contribution in [0.1, 0.15) is 47.5 Å². The van der Waals surface area contributed by atoms with Gasteiger partial charge in [0.05, 0.1) is 0 Å². The highest BCUT2D eigenvalue weighted by Crippen LogP contribution is 2.18. The van der Waals surface area contributed by atoms with Crippen molar-refractivity contribution in [1.29, 1.82) is 0 Å². The summed E-state index contributed by atoms with van der Waals surface area (Å²) in [6.45, 7) is 13.9. The van der Waals surface area contributed by atoms with Crippen LogP contribution in [0.15, 0.2) is 12.7 Å². The molecule has 0 spiro atoms. The van der Waals surface area contributed by atoms with Gasteiger partial charge in [0, 0.05) is 6.54 Å². The number of rotatable bonds is 8. The molecular weight excluding hydrogens is 240 g/mol. The molecule has 0 aromatic heterocycles. The standard InChI is InChI=1S/C15H28N2O2/c1-7-12(8-2)11(4)10-16-14(19)15(5,6)17-13(18)9-3/h9,11-12H,3,7-8,10H2,1-2,4-6H3,(H,16,19)(H,17,18). The molecule has 1 unspecified atom stereocenters. The first-order chi connectivity index (χ1) is 8.78. The summed E-state index contributed by atoms with van der Waals surface area (Å²) in [5.74, 6) is 0.546. The maximum atomic E-state index is 12.1. The Morgan fingerprint density at radius 2 is 1.79 bits per heavy atom. The van der Waals surface area contributed by atoms with Crippen LogP contribution >= 0.6 is 0 Å². The third-order valence-corrected chi connectivity index (χ3v) is 3.63. The summed E-state index contributed by atoms with van der Waals surface area (Å²) in [6.07, 6.45) is 3.40. The van der Waals surface area contributed by atoms with Crippen molar-refractivity contribution < 1.29 is 9.59 Å². The van der Waals surface area contributed by atoms with E-state index >= 15 is 0 Å². The fraction of sp³-hybridized carbons (Fsp3) is 0.733. The van der Waals surface area contributed by atoms with Crippen LogP contribution in [0.25, 0.3) is 0 Å². The summed E-state index contributed by atoms with van der Waals surface area (Å²) in [5, 5.41) is 5.53. The molecule has 0 aliphatic heterocycles. The molecule has 0 saturated heterocycles. The highest BCUT2D eigenvalue weighted by molar-refractivity contribution is 5.94. The summed E-state index contributed by atoms with van der Waals surface area (Å²) < 4.78 is 0. The van der Waals surface area contributed by atoms with E-state index < -0.39 is 5.54 Å². The largest absolute Gasteiger partial charge is 0.354 e. The molecule has 0 aromatic rings. The molecule has 0 aromatic carbocycles. The van der Waals surface area contributed by atoms with Crippen molar-refractivity contribution in [3.8, 4) is 0 Å². The smallest absolute Gasteiger partial charge is 0.245 e. The first-order valence-electron chi connectivity index (χ1n) is 7.01. The maximum absolute atomic E-state index is 12.1.